The molecule has 1 fully saturated rings. The summed E-state index contributed by atoms with van der Waals surface area (Å²) in [5, 5.41) is 8.64. The van der Waals surface area contributed by atoms with Gasteiger partial charge in [-0.1, -0.05) is 18.2 Å². The SMILES string of the molecule is N#CCCN(Cc1ccccc1N)C1CC1. The van der Waals surface area contributed by atoms with E-state index in [0.29, 0.717) is 12.5 Å². The summed E-state index contributed by atoms with van der Waals surface area (Å²) < 4.78 is 0. The van der Waals surface area contributed by atoms with Crippen LogP contribution in [0.3, 0.4) is 0 Å². The molecule has 84 valence electrons. The van der Waals surface area contributed by atoms with E-state index in [4.69, 9.17) is 11.0 Å². The van der Waals surface area contributed by atoms with Gasteiger partial charge in [0.2, 0.25) is 0 Å². The highest BCUT2D eigenvalue weighted by Crippen LogP contribution is 2.29. The number of benzene rings is 1. The molecular weight excluding hydrogens is 198 g/mol. The van der Waals surface area contributed by atoms with Crippen LogP contribution >= 0.6 is 0 Å². The Morgan fingerprint density at radius 3 is 2.75 bits per heavy atom. The standard InChI is InChI=1S/C13H17N3/c14-8-3-9-16(12-6-7-12)10-11-4-1-2-5-13(11)15/h1-2,4-5,12H,3,6-7,9-10,15H2. The third kappa shape index (κ3) is 2.74. The molecule has 1 aliphatic carbocycles. The van der Waals surface area contributed by atoms with Crippen molar-refractivity contribution in [3.63, 3.8) is 0 Å². The van der Waals surface area contributed by atoms with Gasteiger partial charge in [0.15, 0.2) is 0 Å². The molecule has 1 aromatic carbocycles. The molecule has 16 heavy (non-hydrogen) atoms. The highest BCUT2D eigenvalue weighted by Gasteiger charge is 2.28. The zero-order valence-corrected chi connectivity index (χ0v) is 9.39. The Balaban J connectivity index is 2.00. The first-order valence-electron chi connectivity index (χ1n) is 5.75. The Bertz CT molecular complexity index is 390. The molecule has 0 heterocycles. The molecule has 1 aromatic rings. The number of nitrogens with zero attached hydrogens (tertiary/aromatic N) is 2. The summed E-state index contributed by atoms with van der Waals surface area (Å²) in [5.74, 6) is 0. The number of rotatable bonds is 5. The van der Waals surface area contributed by atoms with Crippen molar-refractivity contribution in [2.24, 2.45) is 0 Å². The van der Waals surface area contributed by atoms with Crippen LogP contribution in [0.4, 0.5) is 5.69 Å². The van der Waals surface area contributed by atoms with E-state index < -0.39 is 0 Å². The maximum atomic E-state index is 8.64. The molecule has 0 bridgehead atoms. The van der Waals surface area contributed by atoms with Gasteiger partial charge in [-0.25, -0.2) is 0 Å². The van der Waals surface area contributed by atoms with Crippen molar-refractivity contribution in [1.82, 2.24) is 4.90 Å². The van der Waals surface area contributed by atoms with Gasteiger partial charge in [-0.05, 0) is 24.5 Å². The van der Waals surface area contributed by atoms with E-state index in [1.807, 2.05) is 18.2 Å². The van der Waals surface area contributed by atoms with E-state index >= 15 is 0 Å². The van der Waals surface area contributed by atoms with Gasteiger partial charge in [0.05, 0.1) is 6.07 Å². The minimum absolute atomic E-state index is 0.600. The van der Waals surface area contributed by atoms with Gasteiger partial charge in [0, 0.05) is 31.2 Å². The number of nitrogen functional groups attached to an aromatic ring is 1. The van der Waals surface area contributed by atoms with Crippen molar-refractivity contribution < 1.29 is 0 Å². The monoisotopic (exact) mass is 215 g/mol. The minimum atomic E-state index is 0.600. The molecule has 2 rings (SSSR count). The van der Waals surface area contributed by atoms with E-state index in [9.17, 15) is 0 Å². The van der Waals surface area contributed by atoms with Crippen LogP contribution in [0.2, 0.25) is 0 Å². The maximum Gasteiger partial charge on any atom is 0.0635 e. The third-order valence-corrected chi connectivity index (χ3v) is 3.00. The van der Waals surface area contributed by atoms with E-state index in [1.165, 1.54) is 18.4 Å². The van der Waals surface area contributed by atoms with Crippen LogP contribution < -0.4 is 5.73 Å². The summed E-state index contributed by atoms with van der Waals surface area (Å²) in [6, 6.07) is 10.9. The summed E-state index contributed by atoms with van der Waals surface area (Å²) in [5.41, 5.74) is 7.95. The Hall–Kier alpha value is -1.53. The van der Waals surface area contributed by atoms with E-state index in [2.05, 4.69) is 17.0 Å². The second-order valence-electron chi connectivity index (χ2n) is 4.31. The van der Waals surface area contributed by atoms with Crippen LogP contribution in [0.15, 0.2) is 24.3 Å². The van der Waals surface area contributed by atoms with Gasteiger partial charge in [-0.2, -0.15) is 5.26 Å². The molecule has 3 nitrogen and oxygen atoms in total. The second-order valence-corrected chi connectivity index (χ2v) is 4.31. The Kier molecular flexibility index (Phi) is 3.43. The molecule has 0 amide bonds. The first kappa shape index (κ1) is 11.0. The maximum absolute atomic E-state index is 8.64. The molecule has 0 spiro atoms. The Labute approximate surface area is 96.5 Å². The predicted octanol–water partition coefficient (Wildman–Crippen LogP) is 2.15. The smallest absolute Gasteiger partial charge is 0.0635 e. The lowest BCUT2D eigenvalue weighted by Gasteiger charge is -2.21. The van der Waals surface area contributed by atoms with Crippen molar-refractivity contribution in [2.75, 3.05) is 12.3 Å². The zero-order chi connectivity index (χ0) is 11.4. The summed E-state index contributed by atoms with van der Waals surface area (Å²) >= 11 is 0. The topological polar surface area (TPSA) is 53.0 Å². The number of hydrogen-bond donors (Lipinski definition) is 1. The van der Waals surface area contributed by atoms with Gasteiger partial charge in [0.25, 0.3) is 0 Å². The lowest BCUT2D eigenvalue weighted by Crippen LogP contribution is -2.26. The number of nitriles is 1. The summed E-state index contributed by atoms with van der Waals surface area (Å²) in [6.45, 7) is 1.73. The Morgan fingerprint density at radius 2 is 2.12 bits per heavy atom. The fourth-order valence-corrected chi connectivity index (χ4v) is 1.92. The minimum Gasteiger partial charge on any atom is -0.398 e. The van der Waals surface area contributed by atoms with Crippen LogP contribution in [0.5, 0.6) is 0 Å². The van der Waals surface area contributed by atoms with Gasteiger partial charge in [0.1, 0.15) is 0 Å². The first-order valence-corrected chi connectivity index (χ1v) is 5.75. The third-order valence-electron chi connectivity index (χ3n) is 3.00. The van der Waals surface area contributed by atoms with Gasteiger partial charge in [-0.15, -0.1) is 0 Å². The van der Waals surface area contributed by atoms with Crippen molar-refractivity contribution in [3.05, 3.63) is 29.8 Å². The normalized spacial score (nSPS) is 15.0. The predicted molar refractivity (Wildman–Crippen MR) is 64.5 cm³/mol. The lowest BCUT2D eigenvalue weighted by atomic mass is 10.1. The van der Waals surface area contributed by atoms with Crippen LogP contribution in [0, 0.1) is 11.3 Å². The molecule has 0 radical (unpaired) electrons. The average Bonchev–Trinajstić information content (AvgIpc) is 3.10. The molecule has 0 saturated heterocycles. The molecular formula is C13H17N3. The number of nitrogens with two attached hydrogens (primary N) is 1. The van der Waals surface area contributed by atoms with Crippen molar-refractivity contribution in [1.29, 1.82) is 5.26 Å². The summed E-state index contributed by atoms with van der Waals surface area (Å²) in [7, 11) is 0. The molecule has 3 heteroatoms. The molecule has 0 unspecified atom stereocenters. The largest absolute Gasteiger partial charge is 0.398 e. The van der Waals surface area contributed by atoms with E-state index in [1.54, 1.807) is 0 Å². The fraction of sp³-hybridized carbons (Fsp3) is 0.462. The highest BCUT2D eigenvalue weighted by atomic mass is 15.2. The first-order chi connectivity index (χ1) is 7.81. The van der Waals surface area contributed by atoms with Crippen LogP contribution in [0.1, 0.15) is 24.8 Å². The van der Waals surface area contributed by atoms with Gasteiger partial charge in [-0.3, -0.25) is 4.90 Å². The number of para-hydroxylation sites is 1. The number of hydrogen-bond acceptors (Lipinski definition) is 3. The van der Waals surface area contributed by atoms with Crippen LogP contribution in [0.25, 0.3) is 0 Å². The van der Waals surface area contributed by atoms with E-state index in [-0.39, 0.29) is 0 Å². The summed E-state index contributed by atoms with van der Waals surface area (Å²) in [6.07, 6.45) is 3.12. The quantitative estimate of drug-likeness (QED) is 0.766. The Morgan fingerprint density at radius 1 is 1.38 bits per heavy atom. The highest BCUT2D eigenvalue weighted by molar-refractivity contribution is 5.46. The van der Waals surface area contributed by atoms with Crippen LogP contribution in [-0.4, -0.2) is 17.5 Å². The van der Waals surface area contributed by atoms with Crippen LogP contribution in [-0.2, 0) is 6.54 Å². The average molecular weight is 215 g/mol. The van der Waals surface area contributed by atoms with E-state index in [0.717, 1.165) is 18.8 Å². The molecule has 2 N–H and O–H groups in total. The summed E-state index contributed by atoms with van der Waals surface area (Å²) in [4.78, 5) is 2.37. The molecule has 1 aliphatic rings. The second kappa shape index (κ2) is 5.00. The lowest BCUT2D eigenvalue weighted by molar-refractivity contribution is 0.261. The van der Waals surface area contributed by atoms with Crippen molar-refractivity contribution in [3.8, 4) is 6.07 Å². The zero-order valence-electron chi connectivity index (χ0n) is 9.39. The molecule has 0 aromatic heterocycles. The van der Waals surface area contributed by atoms with Gasteiger partial charge < -0.3 is 5.73 Å². The molecule has 0 atom stereocenters. The number of anilines is 1. The van der Waals surface area contributed by atoms with Crippen molar-refractivity contribution >= 4 is 5.69 Å². The fourth-order valence-electron chi connectivity index (χ4n) is 1.92. The molecule has 0 aliphatic heterocycles. The molecule has 1 saturated carbocycles. The van der Waals surface area contributed by atoms with Gasteiger partial charge >= 0.3 is 0 Å². The van der Waals surface area contributed by atoms with Crippen molar-refractivity contribution in [2.45, 2.75) is 31.8 Å².